The molecule has 0 fully saturated rings. The van der Waals surface area contributed by atoms with E-state index in [4.69, 9.17) is 23.2 Å². The van der Waals surface area contributed by atoms with Gasteiger partial charge in [-0.25, -0.2) is 0 Å². The van der Waals surface area contributed by atoms with Gasteiger partial charge in [0, 0.05) is 5.56 Å². The van der Waals surface area contributed by atoms with Crippen molar-refractivity contribution in [2.45, 2.75) is 26.2 Å². The van der Waals surface area contributed by atoms with Crippen LogP contribution in [0.15, 0.2) is 36.4 Å². The summed E-state index contributed by atoms with van der Waals surface area (Å²) in [5.74, 6) is 0. The van der Waals surface area contributed by atoms with Crippen molar-refractivity contribution >= 4 is 29.5 Å². The quantitative estimate of drug-likeness (QED) is 0.644. The molecule has 0 aliphatic rings. The Morgan fingerprint density at radius 3 is 2.05 bits per heavy atom. The minimum absolute atomic E-state index is 0.107. The molecule has 0 bridgehead atoms. The van der Waals surface area contributed by atoms with Gasteiger partial charge in [-0.2, -0.15) is 0 Å². The van der Waals surface area contributed by atoms with Crippen molar-refractivity contribution in [1.82, 2.24) is 0 Å². The number of halogens is 2. The first-order valence-electron chi connectivity index (χ1n) is 6.38. The van der Waals surface area contributed by atoms with Gasteiger partial charge in [0.2, 0.25) is 0 Å². The Kier molecular flexibility index (Phi) is 4.22. The molecule has 3 heteroatoms. The van der Waals surface area contributed by atoms with Crippen LogP contribution >= 0.6 is 23.2 Å². The van der Waals surface area contributed by atoms with Crippen LogP contribution in [0, 0.1) is 0 Å². The smallest absolute Gasteiger partial charge is 0.153 e. The maximum Gasteiger partial charge on any atom is 0.153 e. The van der Waals surface area contributed by atoms with E-state index in [0.717, 1.165) is 11.1 Å². The summed E-state index contributed by atoms with van der Waals surface area (Å²) < 4.78 is 0. The number of aldehydes is 1. The van der Waals surface area contributed by atoms with Gasteiger partial charge in [-0.3, -0.25) is 4.79 Å². The van der Waals surface area contributed by atoms with Crippen LogP contribution in [0.5, 0.6) is 0 Å². The van der Waals surface area contributed by atoms with E-state index in [0.29, 0.717) is 21.9 Å². The van der Waals surface area contributed by atoms with Crippen LogP contribution in [-0.4, -0.2) is 6.29 Å². The second-order valence-corrected chi connectivity index (χ2v) is 6.55. The highest BCUT2D eigenvalue weighted by molar-refractivity contribution is 6.40. The molecule has 0 aromatic heterocycles. The molecule has 0 amide bonds. The summed E-state index contributed by atoms with van der Waals surface area (Å²) in [6, 6.07) is 11.7. The number of benzene rings is 2. The number of hydrogen-bond acceptors (Lipinski definition) is 1. The highest BCUT2D eigenvalue weighted by Crippen LogP contribution is 2.34. The van der Waals surface area contributed by atoms with Gasteiger partial charge in [-0.1, -0.05) is 74.3 Å². The Labute approximate surface area is 129 Å². The van der Waals surface area contributed by atoms with Crippen LogP contribution in [0.4, 0.5) is 0 Å². The molecule has 2 aromatic rings. The minimum atomic E-state index is 0.107. The molecule has 0 aliphatic carbocycles. The average molecular weight is 307 g/mol. The van der Waals surface area contributed by atoms with Crippen LogP contribution in [0.1, 0.15) is 36.7 Å². The largest absolute Gasteiger partial charge is 0.298 e. The van der Waals surface area contributed by atoms with Crippen molar-refractivity contribution in [2.24, 2.45) is 0 Å². The maximum absolute atomic E-state index is 11.0. The topological polar surface area (TPSA) is 17.1 Å². The van der Waals surface area contributed by atoms with Crippen molar-refractivity contribution < 1.29 is 4.79 Å². The molecule has 1 nitrogen and oxygen atoms in total. The van der Waals surface area contributed by atoms with Gasteiger partial charge >= 0.3 is 0 Å². The number of rotatable bonds is 2. The Balaban J connectivity index is 2.50. The Morgan fingerprint density at radius 2 is 1.55 bits per heavy atom. The Hall–Kier alpha value is -1.31. The predicted octanol–water partition coefficient (Wildman–Crippen LogP) is 5.77. The van der Waals surface area contributed by atoms with E-state index in [2.05, 4.69) is 32.9 Å². The highest BCUT2D eigenvalue weighted by atomic mass is 35.5. The lowest BCUT2D eigenvalue weighted by Crippen LogP contribution is -2.10. The summed E-state index contributed by atoms with van der Waals surface area (Å²) in [6.07, 6.45) is 0.692. The van der Waals surface area contributed by atoms with Crippen LogP contribution in [-0.2, 0) is 5.41 Å². The molecular formula is C17H16Cl2O. The fraction of sp³-hybridized carbons (Fsp3) is 0.235. The lowest BCUT2D eigenvalue weighted by atomic mass is 9.86. The van der Waals surface area contributed by atoms with E-state index in [1.165, 1.54) is 5.56 Å². The van der Waals surface area contributed by atoms with Crippen molar-refractivity contribution in [2.75, 3.05) is 0 Å². The zero-order valence-corrected chi connectivity index (χ0v) is 13.2. The second kappa shape index (κ2) is 5.59. The Bertz CT molecular complexity index is 637. The van der Waals surface area contributed by atoms with Crippen LogP contribution < -0.4 is 0 Å². The SMILES string of the molecule is CC(C)(C)c1ccc(-c2ccc(Cl)c(C=O)c2Cl)cc1. The number of carbonyl (C=O) groups excluding carboxylic acids is 1. The highest BCUT2D eigenvalue weighted by Gasteiger charge is 2.15. The monoisotopic (exact) mass is 306 g/mol. The molecule has 104 valence electrons. The molecule has 0 aliphatic heterocycles. The lowest BCUT2D eigenvalue weighted by Gasteiger charge is -2.19. The first-order chi connectivity index (χ1) is 9.34. The molecule has 0 atom stereocenters. The van der Waals surface area contributed by atoms with E-state index >= 15 is 0 Å². The van der Waals surface area contributed by atoms with E-state index in [-0.39, 0.29) is 5.41 Å². The standard InChI is InChI=1S/C17H16Cl2O/c1-17(2,3)12-6-4-11(5-7-12)13-8-9-15(18)14(10-20)16(13)19/h4-10H,1-3H3. The molecule has 20 heavy (non-hydrogen) atoms. The maximum atomic E-state index is 11.0. The minimum Gasteiger partial charge on any atom is -0.298 e. The number of carbonyl (C=O) groups is 1. The summed E-state index contributed by atoms with van der Waals surface area (Å²) in [5, 5.41) is 0.774. The van der Waals surface area contributed by atoms with Gasteiger partial charge in [-0.05, 0) is 22.6 Å². The van der Waals surface area contributed by atoms with Gasteiger partial charge in [0.25, 0.3) is 0 Å². The molecule has 0 heterocycles. The Morgan fingerprint density at radius 1 is 0.950 bits per heavy atom. The van der Waals surface area contributed by atoms with Crippen molar-refractivity contribution in [3.63, 3.8) is 0 Å². The van der Waals surface area contributed by atoms with Crippen molar-refractivity contribution in [3.8, 4) is 11.1 Å². The second-order valence-electron chi connectivity index (χ2n) is 5.77. The average Bonchev–Trinajstić information content (AvgIpc) is 2.38. The van der Waals surface area contributed by atoms with Crippen molar-refractivity contribution in [1.29, 1.82) is 0 Å². The molecule has 0 saturated carbocycles. The predicted molar refractivity (Wildman–Crippen MR) is 86.0 cm³/mol. The third kappa shape index (κ3) is 2.89. The lowest BCUT2D eigenvalue weighted by molar-refractivity contribution is 0.112. The summed E-state index contributed by atoms with van der Waals surface area (Å²) >= 11 is 12.2. The van der Waals surface area contributed by atoms with Crippen LogP contribution in [0.25, 0.3) is 11.1 Å². The van der Waals surface area contributed by atoms with E-state index < -0.39 is 0 Å². The van der Waals surface area contributed by atoms with E-state index in [1.54, 1.807) is 6.07 Å². The summed E-state index contributed by atoms with van der Waals surface area (Å²) in [6.45, 7) is 6.51. The fourth-order valence-corrected chi connectivity index (χ4v) is 2.62. The third-order valence-corrected chi connectivity index (χ3v) is 4.04. The van der Waals surface area contributed by atoms with E-state index in [9.17, 15) is 4.79 Å². The zero-order chi connectivity index (χ0) is 14.9. The van der Waals surface area contributed by atoms with Crippen LogP contribution in [0.3, 0.4) is 0 Å². The first kappa shape index (κ1) is 15.1. The van der Waals surface area contributed by atoms with Crippen LogP contribution in [0.2, 0.25) is 10.0 Å². The van der Waals surface area contributed by atoms with E-state index in [1.807, 2.05) is 18.2 Å². The zero-order valence-electron chi connectivity index (χ0n) is 11.7. The summed E-state index contributed by atoms with van der Waals surface area (Å²) in [7, 11) is 0. The van der Waals surface area contributed by atoms with Gasteiger partial charge in [0.15, 0.2) is 6.29 Å². The molecule has 2 aromatic carbocycles. The van der Waals surface area contributed by atoms with Gasteiger partial charge in [0.05, 0.1) is 15.6 Å². The third-order valence-electron chi connectivity index (χ3n) is 3.31. The number of hydrogen-bond donors (Lipinski definition) is 0. The molecule has 0 unspecified atom stereocenters. The summed E-state index contributed by atoms with van der Waals surface area (Å²) in [4.78, 5) is 11.0. The molecule has 0 radical (unpaired) electrons. The summed E-state index contributed by atoms with van der Waals surface area (Å²) in [5.41, 5.74) is 3.49. The molecular weight excluding hydrogens is 291 g/mol. The van der Waals surface area contributed by atoms with Gasteiger partial charge in [0.1, 0.15) is 0 Å². The fourth-order valence-electron chi connectivity index (χ4n) is 2.05. The normalized spacial score (nSPS) is 11.4. The first-order valence-corrected chi connectivity index (χ1v) is 7.14. The van der Waals surface area contributed by atoms with Crippen molar-refractivity contribution in [3.05, 3.63) is 57.6 Å². The molecule has 2 rings (SSSR count). The van der Waals surface area contributed by atoms with Gasteiger partial charge < -0.3 is 0 Å². The van der Waals surface area contributed by atoms with Gasteiger partial charge in [-0.15, -0.1) is 0 Å². The molecule has 0 N–H and O–H groups in total. The molecule has 0 saturated heterocycles. The molecule has 0 spiro atoms.